The van der Waals surface area contributed by atoms with Crippen molar-refractivity contribution in [2.45, 2.75) is 90.0 Å². The van der Waals surface area contributed by atoms with Crippen molar-refractivity contribution in [3.63, 3.8) is 0 Å². The summed E-state index contributed by atoms with van der Waals surface area (Å²) in [5.74, 6) is -0.218. The summed E-state index contributed by atoms with van der Waals surface area (Å²) in [5.41, 5.74) is -1.26. The number of carbonyl (C=O) groups is 3. The summed E-state index contributed by atoms with van der Waals surface area (Å²) in [5, 5.41) is 3.41. The highest BCUT2D eigenvalue weighted by Gasteiger charge is 2.58. The van der Waals surface area contributed by atoms with Gasteiger partial charge in [0.2, 0.25) is 5.91 Å². The zero-order valence-corrected chi connectivity index (χ0v) is 26.8. The molecule has 0 aromatic carbocycles. The topological polar surface area (TPSA) is 99.4 Å². The van der Waals surface area contributed by atoms with Crippen LogP contribution in [-0.2, 0) is 15.7 Å². The first-order valence-electron chi connectivity index (χ1n) is 16.6. The lowest BCUT2D eigenvalue weighted by Gasteiger charge is -2.55. The molecule has 1 aliphatic carbocycles. The summed E-state index contributed by atoms with van der Waals surface area (Å²) in [6, 6.07) is 0. The van der Waals surface area contributed by atoms with Crippen LogP contribution in [0.3, 0.4) is 0 Å². The fourth-order valence-corrected chi connectivity index (χ4v) is 8.63. The number of amides is 3. The number of aryl methyl sites for hydroxylation is 1. The van der Waals surface area contributed by atoms with Crippen LogP contribution < -0.4 is 0 Å². The van der Waals surface area contributed by atoms with E-state index in [9.17, 15) is 27.6 Å². The van der Waals surface area contributed by atoms with Gasteiger partial charge in [-0.15, -0.1) is 0 Å². The van der Waals surface area contributed by atoms with Gasteiger partial charge in [-0.05, 0) is 50.9 Å². The first-order chi connectivity index (χ1) is 21.3. The zero-order chi connectivity index (χ0) is 32.3. The van der Waals surface area contributed by atoms with Crippen molar-refractivity contribution in [1.29, 1.82) is 0 Å². The van der Waals surface area contributed by atoms with Crippen molar-refractivity contribution >= 4 is 17.9 Å². The minimum Gasteiger partial charge on any atom is -0.442 e. The standard InChI is InChI=1S/C32H46F3N5O5/c1-5-6-7-22-16-39(19-25-23-17-38(21(3)41)18-24(23)25)29(43)44-31(22)10-14-40(15-11-31)30(4)8-12-37(13-9-30)28(42)26-20(2)36-45-27(26)32(33,34)35/h22-25H,5-19H2,1-4H3/t22-,23-,24+,25+/m0/s1. The lowest BCUT2D eigenvalue weighted by Crippen LogP contribution is -2.63. The molecule has 1 aromatic rings. The predicted octanol–water partition coefficient (Wildman–Crippen LogP) is 4.81. The van der Waals surface area contributed by atoms with Crippen LogP contribution >= 0.6 is 0 Å². The van der Waals surface area contributed by atoms with E-state index in [-0.39, 0.29) is 29.2 Å². The Bertz CT molecular complexity index is 1290. The molecule has 4 saturated heterocycles. The maximum Gasteiger partial charge on any atom is 0.453 e. The Balaban J connectivity index is 1.05. The number of carbonyl (C=O) groups excluding carboxylic acids is 3. The highest BCUT2D eigenvalue weighted by Crippen LogP contribution is 2.53. The van der Waals surface area contributed by atoms with E-state index in [4.69, 9.17) is 4.74 Å². The van der Waals surface area contributed by atoms with Crippen LogP contribution in [0.15, 0.2) is 4.52 Å². The normalized spacial score (nSPS) is 29.6. The van der Waals surface area contributed by atoms with Gasteiger partial charge in [-0.2, -0.15) is 13.2 Å². The highest BCUT2D eigenvalue weighted by atomic mass is 19.4. The summed E-state index contributed by atoms with van der Waals surface area (Å²) in [4.78, 5) is 46.0. The van der Waals surface area contributed by atoms with E-state index in [1.54, 1.807) is 6.92 Å². The van der Waals surface area contributed by atoms with E-state index in [1.165, 1.54) is 11.8 Å². The first kappa shape index (κ1) is 32.1. The maximum absolute atomic E-state index is 13.4. The molecule has 0 radical (unpaired) electrons. The number of piperidine rings is 3. The Morgan fingerprint density at radius 1 is 1.00 bits per heavy atom. The molecule has 0 bridgehead atoms. The second-order valence-corrected chi connectivity index (χ2v) is 14.3. The van der Waals surface area contributed by atoms with Gasteiger partial charge in [0.05, 0.1) is 5.69 Å². The number of fused-ring (bicyclic) bond motifs is 1. The van der Waals surface area contributed by atoms with E-state index in [1.807, 2.05) is 9.80 Å². The van der Waals surface area contributed by atoms with Crippen LogP contribution in [0.4, 0.5) is 18.0 Å². The number of hydrogen-bond donors (Lipinski definition) is 0. The van der Waals surface area contributed by atoms with E-state index < -0.39 is 29.0 Å². The quantitative estimate of drug-likeness (QED) is 0.423. The number of halogens is 3. The van der Waals surface area contributed by atoms with Crippen LogP contribution in [0.2, 0.25) is 0 Å². The van der Waals surface area contributed by atoms with Gasteiger partial charge >= 0.3 is 12.3 Å². The Morgan fingerprint density at radius 3 is 2.22 bits per heavy atom. The molecule has 3 amide bonds. The molecule has 4 aliphatic heterocycles. The zero-order valence-electron chi connectivity index (χ0n) is 26.8. The second kappa shape index (κ2) is 11.8. The van der Waals surface area contributed by atoms with Crippen molar-refractivity contribution in [1.82, 2.24) is 24.8 Å². The van der Waals surface area contributed by atoms with Crippen molar-refractivity contribution in [2.24, 2.45) is 23.7 Å². The minimum atomic E-state index is -4.79. The van der Waals surface area contributed by atoms with Crippen molar-refractivity contribution in [3.8, 4) is 0 Å². The number of unbranched alkanes of at least 4 members (excludes halogenated alkanes) is 1. The first-order valence-corrected chi connectivity index (χ1v) is 16.6. The Morgan fingerprint density at radius 2 is 1.64 bits per heavy atom. The molecule has 1 aromatic heterocycles. The van der Waals surface area contributed by atoms with E-state index >= 15 is 0 Å². The summed E-state index contributed by atoms with van der Waals surface area (Å²) < 4.78 is 51.2. The third-order valence-electron chi connectivity index (χ3n) is 11.7. The summed E-state index contributed by atoms with van der Waals surface area (Å²) in [6.45, 7) is 12.5. The number of aromatic nitrogens is 1. The van der Waals surface area contributed by atoms with Crippen molar-refractivity contribution in [3.05, 3.63) is 17.0 Å². The maximum atomic E-state index is 13.4. The molecule has 1 spiro atoms. The van der Waals surface area contributed by atoms with Crippen LogP contribution in [0, 0.1) is 30.6 Å². The molecule has 0 unspecified atom stereocenters. The molecule has 45 heavy (non-hydrogen) atoms. The van der Waals surface area contributed by atoms with Crippen LogP contribution in [0.25, 0.3) is 0 Å². The second-order valence-electron chi connectivity index (χ2n) is 14.3. The molecule has 250 valence electrons. The number of nitrogens with zero attached hydrogens (tertiary/aromatic N) is 5. The van der Waals surface area contributed by atoms with Crippen molar-refractivity contribution in [2.75, 3.05) is 52.4 Å². The van der Waals surface area contributed by atoms with Gasteiger partial charge in [0.1, 0.15) is 11.2 Å². The predicted molar refractivity (Wildman–Crippen MR) is 157 cm³/mol. The molecule has 13 heteroatoms. The molecular formula is C32H46F3N5O5. The fourth-order valence-electron chi connectivity index (χ4n) is 8.63. The number of likely N-dealkylation sites (tertiary alicyclic amines) is 3. The number of alkyl halides is 3. The third-order valence-corrected chi connectivity index (χ3v) is 11.7. The molecule has 6 rings (SSSR count). The number of hydrogen-bond acceptors (Lipinski definition) is 7. The van der Waals surface area contributed by atoms with E-state index in [0.717, 1.165) is 58.3 Å². The van der Waals surface area contributed by atoms with Gasteiger partial charge in [-0.25, -0.2) is 4.79 Å². The average molecular weight is 638 g/mol. The van der Waals surface area contributed by atoms with Crippen LogP contribution in [0.5, 0.6) is 0 Å². The molecule has 5 aliphatic rings. The Hall–Kier alpha value is -2.83. The van der Waals surface area contributed by atoms with Crippen LogP contribution in [0.1, 0.15) is 87.5 Å². The molecular weight excluding hydrogens is 591 g/mol. The number of ether oxygens (including phenoxy) is 1. The van der Waals surface area contributed by atoms with E-state index in [0.29, 0.717) is 56.8 Å². The molecule has 1 saturated carbocycles. The SMILES string of the molecule is CCCC[C@H]1CN(C[C@H]2[C@@H]3CN(C(C)=O)C[C@@H]32)C(=O)OC12CCN(C1(C)CCN(C(=O)c3c(C)noc3C(F)(F)F)CC1)CC2. The lowest BCUT2D eigenvalue weighted by atomic mass is 9.74. The Kier molecular flexibility index (Phi) is 8.39. The number of rotatable bonds is 7. The molecule has 5 heterocycles. The fraction of sp³-hybridized carbons (Fsp3) is 0.812. The van der Waals surface area contributed by atoms with Crippen molar-refractivity contribution < 1.29 is 36.8 Å². The van der Waals surface area contributed by atoms with Gasteiger partial charge in [0, 0.05) is 83.6 Å². The molecule has 0 N–H and O–H groups in total. The summed E-state index contributed by atoms with van der Waals surface area (Å²) in [6.07, 6.45) is 0.914. The van der Waals surface area contributed by atoms with Crippen LogP contribution in [-0.4, -0.2) is 106 Å². The molecule has 5 fully saturated rings. The summed E-state index contributed by atoms with van der Waals surface area (Å²) >= 11 is 0. The average Bonchev–Trinajstić information content (AvgIpc) is 3.28. The summed E-state index contributed by atoms with van der Waals surface area (Å²) in [7, 11) is 0. The van der Waals surface area contributed by atoms with Gasteiger partial charge in [-0.3, -0.25) is 14.5 Å². The van der Waals surface area contributed by atoms with Gasteiger partial charge in [0.15, 0.2) is 0 Å². The molecule has 4 atom stereocenters. The highest BCUT2D eigenvalue weighted by molar-refractivity contribution is 5.96. The smallest absolute Gasteiger partial charge is 0.442 e. The van der Waals surface area contributed by atoms with Gasteiger partial charge < -0.3 is 24.0 Å². The minimum absolute atomic E-state index is 0.0557. The van der Waals surface area contributed by atoms with Gasteiger partial charge in [0.25, 0.3) is 11.7 Å². The lowest BCUT2D eigenvalue weighted by molar-refractivity contribution is -0.156. The Labute approximate surface area is 262 Å². The largest absolute Gasteiger partial charge is 0.453 e. The monoisotopic (exact) mass is 637 g/mol. The van der Waals surface area contributed by atoms with Gasteiger partial charge in [-0.1, -0.05) is 24.9 Å². The third kappa shape index (κ3) is 5.93. The molecule has 10 nitrogen and oxygen atoms in total. The van der Waals surface area contributed by atoms with E-state index in [2.05, 4.69) is 28.4 Å².